The molecule has 3 nitrogen and oxygen atoms in total. The Labute approximate surface area is 110 Å². The van der Waals surface area contributed by atoms with Crippen LogP contribution in [0, 0.1) is 0 Å². The number of aliphatic hydroxyl groups is 1. The summed E-state index contributed by atoms with van der Waals surface area (Å²) < 4.78 is 0. The Morgan fingerprint density at radius 1 is 1.17 bits per heavy atom. The molecule has 18 heavy (non-hydrogen) atoms. The Balaban J connectivity index is 1.89. The van der Waals surface area contributed by atoms with Crippen molar-refractivity contribution >= 4 is 0 Å². The Morgan fingerprint density at radius 3 is 2.39 bits per heavy atom. The van der Waals surface area contributed by atoms with E-state index in [2.05, 4.69) is 35.8 Å². The molecule has 0 aromatic heterocycles. The first kappa shape index (κ1) is 13.5. The summed E-state index contributed by atoms with van der Waals surface area (Å²) in [6.45, 7) is 10.3. The van der Waals surface area contributed by atoms with E-state index in [1.165, 1.54) is 12.1 Å². The molecule has 0 bridgehead atoms. The highest BCUT2D eigenvalue weighted by Crippen LogP contribution is 2.13. The van der Waals surface area contributed by atoms with Gasteiger partial charge in [-0.1, -0.05) is 31.2 Å². The van der Waals surface area contributed by atoms with Gasteiger partial charge in [-0.15, -0.1) is 0 Å². The SMILES string of the molecule is CCN1CCN(Cc2ccc(CO)cc2)CC1C. The second-order valence-corrected chi connectivity index (χ2v) is 5.19. The van der Waals surface area contributed by atoms with Crippen molar-refractivity contribution in [2.24, 2.45) is 0 Å². The lowest BCUT2D eigenvalue weighted by Gasteiger charge is -2.39. The van der Waals surface area contributed by atoms with Crippen molar-refractivity contribution in [3.63, 3.8) is 0 Å². The molecule has 1 aliphatic rings. The summed E-state index contributed by atoms with van der Waals surface area (Å²) in [5, 5.41) is 9.03. The second kappa shape index (κ2) is 6.32. The van der Waals surface area contributed by atoms with E-state index in [0.717, 1.165) is 31.7 Å². The molecule has 3 heteroatoms. The van der Waals surface area contributed by atoms with Gasteiger partial charge in [-0.25, -0.2) is 0 Å². The number of piperazine rings is 1. The van der Waals surface area contributed by atoms with E-state index < -0.39 is 0 Å². The summed E-state index contributed by atoms with van der Waals surface area (Å²) in [7, 11) is 0. The molecule has 1 saturated heterocycles. The maximum Gasteiger partial charge on any atom is 0.0681 e. The molecule has 1 aliphatic heterocycles. The molecule has 1 aromatic carbocycles. The van der Waals surface area contributed by atoms with Gasteiger partial charge in [-0.05, 0) is 24.6 Å². The van der Waals surface area contributed by atoms with Crippen molar-refractivity contribution in [3.8, 4) is 0 Å². The standard InChI is InChI=1S/C15H24N2O/c1-3-17-9-8-16(10-13(17)2)11-14-4-6-15(12-18)7-5-14/h4-7,13,18H,3,8-12H2,1-2H3. The predicted molar refractivity (Wildman–Crippen MR) is 74.4 cm³/mol. The van der Waals surface area contributed by atoms with Gasteiger partial charge < -0.3 is 5.11 Å². The van der Waals surface area contributed by atoms with Gasteiger partial charge in [-0.3, -0.25) is 9.80 Å². The van der Waals surface area contributed by atoms with E-state index in [1.54, 1.807) is 0 Å². The number of aliphatic hydroxyl groups excluding tert-OH is 1. The van der Waals surface area contributed by atoms with Crippen molar-refractivity contribution in [2.45, 2.75) is 33.0 Å². The highest BCUT2D eigenvalue weighted by Gasteiger charge is 2.21. The minimum absolute atomic E-state index is 0.131. The summed E-state index contributed by atoms with van der Waals surface area (Å²) in [4.78, 5) is 5.05. The largest absolute Gasteiger partial charge is 0.392 e. The first-order valence-electron chi connectivity index (χ1n) is 6.88. The average molecular weight is 248 g/mol. The van der Waals surface area contributed by atoms with Crippen molar-refractivity contribution in [2.75, 3.05) is 26.2 Å². The van der Waals surface area contributed by atoms with Crippen LogP contribution in [0.1, 0.15) is 25.0 Å². The van der Waals surface area contributed by atoms with Gasteiger partial charge in [0.15, 0.2) is 0 Å². The first-order valence-corrected chi connectivity index (χ1v) is 6.88. The van der Waals surface area contributed by atoms with Gasteiger partial charge in [0.2, 0.25) is 0 Å². The van der Waals surface area contributed by atoms with Crippen molar-refractivity contribution in [1.29, 1.82) is 0 Å². The summed E-state index contributed by atoms with van der Waals surface area (Å²) in [6, 6.07) is 8.94. The van der Waals surface area contributed by atoms with Crippen LogP contribution < -0.4 is 0 Å². The minimum Gasteiger partial charge on any atom is -0.392 e. The first-order chi connectivity index (χ1) is 8.72. The monoisotopic (exact) mass is 248 g/mol. The summed E-state index contributed by atoms with van der Waals surface area (Å²) in [5.74, 6) is 0. The fourth-order valence-electron chi connectivity index (χ4n) is 2.69. The zero-order chi connectivity index (χ0) is 13.0. The van der Waals surface area contributed by atoms with E-state index in [9.17, 15) is 0 Å². The number of nitrogens with zero attached hydrogens (tertiary/aromatic N) is 2. The molecule has 1 N–H and O–H groups in total. The third kappa shape index (κ3) is 3.31. The van der Waals surface area contributed by atoms with Crippen LogP contribution >= 0.6 is 0 Å². The molecular weight excluding hydrogens is 224 g/mol. The van der Waals surface area contributed by atoms with E-state index in [4.69, 9.17) is 5.11 Å². The van der Waals surface area contributed by atoms with Crippen LogP contribution in [-0.2, 0) is 13.2 Å². The number of hydrogen-bond donors (Lipinski definition) is 1. The smallest absolute Gasteiger partial charge is 0.0681 e. The van der Waals surface area contributed by atoms with Gasteiger partial charge in [0.1, 0.15) is 0 Å². The quantitative estimate of drug-likeness (QED) is 0.878. The minimum atomic E-state index is 0.131. The molecule has 100 valence electrons. The van der Waals surface area contributed by atoms with E-state index in [1.807, 2.05) is 12.1 Å². The highest BCUT2D eigenvalue weighted by molar-refractivity contribution is 5.21. The Bertz CT molecular complexity index is 363. The fraction of sp³-hybridized carbons (Fsp3) is 0.600. The molecule has 0 radical (unpaired) electrons. The molecule has 0 amide bonds. The Morgan fingerprint density at radius 2 is 1.83 bits per heavy atom. The van der Waals surface area contributed by atoms with E-state index >= 15 is 0 Å². The van der Waals surface area contributed by atoms with Gasteiger partial charge >= 0.3 is 0 Å². The van der Waals surface area contributed by atoms with Crippen molar-refractivity contribution in [1.82, 2.24) is 9.80 Å². The van der Waals surface area contributed by atoms with Crippen LogP contribution in [0.15, 0.2) is 24.3 Å². The zero-order valence-corrected chi connectivity index (χ0v) is 11.5. The van der Waals surface area contributed by atoms with Gasteiger partial charge in [0.05, 0.1) is 6.61 Å². The van der Waals surface area contributed by atoms with Crippen molar-refractivity contribution in [3.05, 3.63) is 35.4 Å². The molecule has 0 saturated carbocycles. The maximum absolute atomic E-state index is 9.03. The van der Waals surface area contributed by atoms with Gasteiger partial charge in [-0.2, -0.15) is 0 Å². The summed E-state index contributed by atoms with van der Waals surface area (Å²) in [6.07, 6.45) is 0. The third-order valence-corrected chi connectivity index (χ3v) is 3.87. The Hall–Kier alpha value is -0.900. The van der Waals surface area contributed by atoms with Crippen LogP contribution in [0.4, 0.5) is 0 Å². The fourth-order valence-corrected chi connectivity index (χ4v) is 2.69. The average Bonchev–Trinajstić information content (AvgIpc) is 2.40. The molecule has 2 rings (SSSR count). The number of rotatable bonds is 4. The second-order valence-electron chi connectivity index (χ2n) is 5.19. The number of hydrogen-bond acceptors (Lipinski definition) is 3. The maximum atomic E-state index is 9.03. The molecule has 0 spiro atoms. The van der Waals surface area contributed by atoms with Crippen LogP contribution in [0.5, 0.6) is 0 Å². The van der Waals surface area contributed by atoms with Gasteiger partial charge in [0.25, 0.3) is 0 Å². The van der Waals surface area contributed by atoms with E-state index in [-0.39, 0.29) is 6.61 Å². The molecule has 0 aliphatic carbocycles. The lowest BCUT2D eigenvalue weighted by molar-refractivity contribution is 0.0834. The molecule has 1 atom stereocenters. The highest BCUT2D eigenvalue weighted by atomic mass is 16.3. The molecule has 1 fully saturated rings. The van der Waals surface area contributed by atoms with Crippen LogP contribution in [0.25, 0.3) is 0 Å². The lowest BCUT2D eigenvalue weighted by atomic mass is 10.1. The molecule has 1 heterocycles. The Kier molecular flexibility index (Phi) is 4.75. The lowest BCUT2D eigenvalue weighted by Crippen LogP contribution is -2.51. The molecule has 1 aromatic rings. The van der Waals surface area contributed by atoms with Crippen LogP contribution in [-0.4, -0.2) is 47.1 Å². The third-order valence-electron chi connectivity index (χ3n) is 3.87. The molecular formula is C15H24N2O. The summed E-state index contributed by atoms with van der Waals surface area (Å²) >= 11 is 0. The van der Waals surface area contributed by atoms with Crippen LogP contribution in [0.3, 0.4) is 0 Å². The summed E-state index contributed by atoms with van der Waals surface area (Å²) in [5.41, 5.74) is 2.33. The molecule has 1 unspecified atom stereocenters. The van der Waals surface area contributed by atoms with E-state index in [0.29, 0.717) is 6.04 Å². The normalized spacial score (nSPS) is 22.3. The number of likely N-dealkylation sites (N-methyl/N-ethyl adjacent to an activating group) is 1. The zero-order valence-electron chi connectivity index (χ0n) is 11.5. The predicted octanol–water partition coefficient (Wildman–Crippen LogP) is 1.70. The topological polar surface area (TPSA) is 26.7 Å². The van der Waals surface area contributed by atoms with Gasteiger partial charge in [0, 0.05) is 32.2 Å². The van der Waals surface area contributed by atoms with Crippen molar-refractivity contribution < 1.29 is 5.11 Å². The number of benzene rings is 1. The van der Waals surface area contributed by atoms with Crippen LogP contribution in [0.2, 0.25) is 0 Å².